The highest BCUT2D eigenvalue weighted by Gasteiger charge is 2.21. The lowest BCUT2D eigenvalue weighted by Crippen LogP contribution is -2.20. The summed E-state index contributed by atoms with van der Waals surface area (Å²) in [5, 5.41) is 8.98. The van der Waals surface area contributed by atoms with Crippen LogP contribution in [0.1, 0.15) is 65.7 Å². The highest BCUT2D eigenvalue weighted by atomic mass is 16.4. The fourth-order valence-corrected chi connectivity index (χ4v) is 2.05. The summed E-state index contributed by atoms with van der Waals surface area (Å²) in [6, 6.07) is 0. The van der Waals surface area contributed by atoms with E-state index in [1.54, 1.807) is 0 Å². The summed E-state index contributed by atoms with van der Waals surface area (Å²) in [5.41, 5.74) is 0. The summed E-state index contributed by atoms with van der Waals surface area (Å²) in [4.78, 5) is 10.9. The molecule has 0 aliphatic heterocycles. The van der Waals surface area contributed by atoms with E-state index in [9.17, 15) is 4.79 Å². The van der Waals surface area contributed by atoms with Crippen LogP contribution in [0.5, 0.6) is 0 Å². The van der Waals surface area contributed by atoms with Crippen molar-refractivity contribution in [2.24, 2.45) is 11.8 Å². The summed E-state index contributed by atoms with van der Waals surface area (Å²) in [6.07, 6.45) is 8.20. The minimum atomic E-state index is -0.635. The Morgan fingerprint density at radius 3 is 2.20 bits per heavy atom. The molecule has 2 heteroatoms. The first kappa shape index (κ1) is 14.5. The fraction of sp³-hybridized carbons (Fsp3) is 0.923. The van der Waals surface area contributed by atoms with E-state index in [1.165, 1.54) is 25.7 Å². The number of hydrogen-bond acceptors (Lipinski definition) is 1. The number of carbonyl (C=O) groups is 1. The number of aliphatic carboxylic acids is 1. The SMILES string of the molecule is CCCCCCC(CCC)C(C)C(=O)O. The third-order valence-electron chi connectivity index (χ3n) is 3.18. The lowest BCUT2D eigenvalue weighted by molar-refractivity contribution is -0.143. The molecule has 2 atom stereocenters. The second-order valence-corrected chi connectivity index (χ2v) is 4.53. The van der Waals surface area contributed by atoms with Gasteiger partial charge in [0.1, 0.15) is 0 Å². The van der Waals surface area contributed by atoms with Gasteiger partial charge in [0.2, 0.25) is 0 Å². The molecule has 0 amide bonds. The van der Waals surface area contributed by atoms with Gasteiger partial charge in [-0.3, -0.25) is 4.79 Å². The molecule has 0 aliphatic rings. The third-order valence-corrected chi connectivity index (χ3v) is 3.18. The Morgan fingerprint density at radius 2 is 1.73 bits per heavy atom. The summed E-state index contributed by atoms with van der Waals surface area (Å²) in [6.45, 7) is 6.18. The van der Waals surface area contributed by atoms with Crippen LogP contribution in [-0.4, -0.2) is 11.1 Å². The molecule has 0 heterocycles. The van der Waals surface area contributed by atoms with E-state index in [1.807, 2.05) is 6.92 Å². The predicted octanol–water partition coefficient (Wildman–Crippen LogP) is 4.09. The molecule has 2 nitrogen and oxygen atoms in total. The highest BCUT2D eigenvalue weighted by molar-refractivity contribution is 5.69. The first-order chi connectivity index (χ1) is 7.13. The predicted molar refractivity (Wildman–Crippen MR) is 64.0 cm³/mol. The van der Waals surface area contributed by atoms with Crippen LogP contribution in [0.15, 0.2) is 0 Å². The first-order valence-electron chi connectivity index (χ1n) is 6.36. The zero-order valence-electron chi connectivity index (χ0n) is 10.5. The maximum Gasteiger partial charge on any atom is 0.306 e. The molecule has 0 radical (unpaired) electrons. The van der Waals surface area contributed by atoms with Crippen LogP contribution in [0.25, 0.3) is 0 Å². The van der Waals surface area contributed by atoms with Gasteiger partial charge in [-0.15, -0.1) is 0 Å². The smallest absolute Gasteiger partial charge is 0.306 e. The molecule has 90 valence electrons. The van der Waals surface area contributed by atoms with Crippen molar-refractivity contribution in [1.29, 1.82) is 0 Å². The summed E-state index contributed by atoms with van der Waals surface area (Å²) in [5.74, 6) is -0.431. The Morgan fingerprint density at radius 1 is 1.07 bits per heavy atom. The standard InChI is InChI=1S/C13H26O2/c1-4-6-7-8-10-12(9-5-2)11(3)13(14)15/h11-12H,4-10H2,1-3H3,(H,14,15). The van der Waals surface area contributed by atoms with E-state index in [2.05, 4.69) is 13.8 Å². The molecule has 0 aromatic carbocycles. The monoisotopic (exact) mass is 214 g/mol. The van der Waals surface area contributed by atoms with E-state index in [0.717, 1.165) is 19.3 Å². The second kappa shape index (κ2) is 8.75. The third kappa shape index (κ3) is 6.53. The average Bonchev–Trinajstić information content (AvgIpc) is 2.21. The van der Waals surface area contributed by atoms with Crippen molar-refractivity contribution >= 4 is 5.97 Å². The van der Waals surface area contributed by atoms with Crippen LogP contribution in [-0.2, 0) is 4.79 Å². The van der Waals surface area contributed by atoms with Gasteiger partial charge in [-0.25, -0.2) is 0 Å². The van der Waals surface area contributed by atoms with Gasteiger partial charge in [0, 0.05) is 0 Å². The average molecular weight is 214 g/mol. The van der Waals surface area contributed by atoms with Crippen LogP contribution in [0.2, 0.25) is 0 Å². The summed E-state index contributed by atoms with van der Waals surface area (Å²) in [7, 11) is 0. The highest BCUT2D eigenvalue weighted by Crippen LogP contribution is 2.24. The van der Waals surface area contributed by atoms with E-state index < -0.39 is 5.97 Å². The lowest BCUT2D eigenvalue weighted by Gasteiger charge is -2.20. The molecule has 0 aliphatic carbocycles. The van der Waals surface area contributed by atoms with Gasteiger partial charge < -0.3 is 5.11 Å². The molecule has 0 saturated heterocycles. The van der Waals surface area contributed by atoms with Crippen LogP contribution in [0.3, 0.4) is 0 Å². The molecule has 0 fully saturated rings. The quantitative estimate of drug-likeness (QED) is 0.587. The number of carboxylic acid groups (broad SMARTS) is 1. The molecule has 0 bridgehead atoms. The molecule has 0 spiro atoms. The maximum absolute atomic E-state index is 10.9. The Labute approximate surface area is 94.1 Å². The second-order valence-electron chi connectivity index (χ2n) is 4.53. The van der Waals surface area contributed by atoms with Crippen molar-refractivity contribution in [1.82, 2.24) is 0 Å². The number of rotatable bonds is 9. The largest absolute Gasteiger partial charge is 0.481 e. The molecule has 0 aromatic rings. The van der Waals surface area contributed by atoms with Gasteiger partial charge >= 0.3 is 5.97 Å². The van der Waals surface area contributed by atoms with Gasteiger partial charge in [-0.2, -0.15) is 0 Å². The van der Waals surface area contributed by atoms with Crippen molar-refractivity contribution < 1.29 is 9.90 Å². The molecule has 15 heavy (non-hydrogen) atoms. The van der Waals surface area contributed by atoms with Crippen LogP contribution in [0.4, 0.5) is 0 Å². The normalized spacial score (nSPS) is 14.9. The molecular formula is C13H26O2. The van der Waals surface area contributed by atoms with Crippen molar-refractivity contribution in [3.63, 3.8) is 0 Å². The van der Waals surface area contributed by atoms with E-state index in [-0.39, 0.29) is 5.92 Å². The minimum absolute atomic E-state index is 0.174. The number of unbranched alkanes of at least 4 members (excludes halogenated alkanes) is 3. The van der Waals surface area contributed by atoms with Crippen LogP contribution >= 0.6 is 0 Å². The minimum Gasteiger partial charge on any atom is -0.481 e. The van der Waals surface area contributed by atoms with Crippen molar-refractivity contribution in [3.8, 4) is 0 Å². The van der Waals surface area contributed by atoms with Crippen LogP contribution < -0.4 is 0 Å². The Kier molecular flexibility index (Phi) is 8.44. The summed E-state index contributed by atoms with van der Waals surface area (Å²) >= 11 is 0. The van der Waals surface area contributed by atoms with Crippen molar-refractivity contribution in [2.75, 3.05) is 0 Å². The van der Waals surface area contributed by atoms with E-state index in [0.29, 0.717) is 5.92 Å². The Hall–Kier alpha value is -0.530. The van der Waals surface area contributed by atoms with Crippen molar-refractivity contribution in [3.05, 3.63) is 0 Å². The van der Waals surface area contributed by atoms with E-state index in [4.69, 9.17) is 5.11 Å². The van der Waals surface area contributed by atoms with E-state index >= 15 is 0 Å². The fourth-order valence-electron chi connectivity index (χ4n) is 2.05. The van der Waals surface area contributed by atoms with Crippen molar-refractivity contribution in [2.45, 2.75) is 65.7 Å². The zero-order chi connectivity index (χ0) is 11.7. The maximum atomic E-state index is 10.9. The number of carboxylic acids is 1. The molecular weight excluding hydrogens is 188 g/mol. The van der Waals surface area contributed by atoms with Gasteiger partial charge in [-0.1, -0.05) is 52.9 Å². The molecule has 2 unspecified atom stereocenters. The molecule has 0 aromatic heterocycles. The first-order valence-corrected chi connectivity index (χ1v) is 6.36. The molecule has 1 N–H and O–H groups in total. The number of hydrogen-bond donors (Lipinski definition) is 1. The Bertz CT molecular complexity index is 166. The van der Waals surface area contributed by atoms with Gasteiger partial charge in [0.05, 0.1) is 5.92 Å². The Balaban J connectivity index is 3.87. The van der Waals surface area contributed by atoms with Gasteiger partial charge in [-0.05, 0) is 18.8 Å². The van der Waals surface area contributed by atoms with Gasteiger partial charge in [0.25, 0.3) is 0 Å². The zero-order valence-corrected chi connectivity index (χ0v) is 10.5. The van der Waals surface area contributed by atoms with Crippen LogP contribution in [0, 0.1) is 11.8 Å². The molecule has 0 saturated carbocycles. The van der Waals surface area contributed by atoms with Gasteiger partial charge in [0.15, 0.2) is 0 Å². The lowest BCUT2D eigenvalue weighted by atomic mass is 9.85. The molecule has 0 rings (SSSR count). The topological polar surface area (TPSA) is 37.3 Å². The summed E-state index contributed by atoms with van der Waals surface area (Å²) < 4.78 is 0.